The second-order valence-corrected chi connectivity index (χ2v) is 6.33. The molecule has 0 radical (unpaired) electrons. The van der Waals surface area contributed by atoms with Crippen LogP contribution in [0.3, 0.4) is 0 Å². The van der Waals surface area contributed by atoms with Crippen LogP contribution in [0.15, 0.2) is 17.0 Å². The number of halogens is 2. The van der Waals surface area contributed by atoms with Crippen molar-refractivity contribution in [3.05, 3.63) is 22.7 Å². The summed E-state index contributed by atoms with van der Waals surface area (Å²) in [4.78, 5) is 11.1. The Balaban J connectivity index is 3.56. The van der Waals surface area contributed by atoms with Gasteiger partial charge in [0.2, 0.25) is 0 Å². The van der Waals surface area contributed by atoms with E-state index in [-0.39, 0.29) is 33.6 Å². The lowest BCUT2D eigenvalue weighted by molar-refractivity contribution is 0.108. The molecule has 0 heterocycles. The molecule has 1 rings (SSSR count). The van der Waals surface area contributed by atoms with Crippen molar-refractivity contribution in [1.82, 2.24) is 0 Å². The van der Waals surface area contributed by atoms with Crippen LogP contribution in [0.2, 0.25) is 5.02 Å². The van der Waals surface area contributed by atoms with Gasteiger partial charge in [-0.25, -0.2) is 8.42 Å². The third-order valence-corrected chi connectivity index (χ3v) is 4.61. The molecule has 0 amide bonds. The highest BCUT2D eigenvalue weighted by molar-refractivity contribution is 7.91. The number of hydrogen-bond acceptors (Lipinski definition) is 4. The molecule has 1 aromatic rings. The number of benzene rings is 1. The Kier molecular flexibility index (Phi) is 5.01. The molecule has 0 fully saturated rings. The standard InChI is InChI=1S/C11H12Cl2O4S/c1-3-17-10-8(18(15,16)4-2)6-5-7(9(10)12)11(13)14/h5-6H,3-4H2,1-2H3. The zero-order valence-electron chi connectivity index (χ0n) is 9.87. The summed E-state index contributed by atoms with van der Waals surface area (Å²) in [5, 5.41) is -0.840. The highest BCUT2D eigenvalue weighted by Gasteiger charge is 2.23. The fourth-order valence-electron chi connectivity index (χ4n) is 1.37. The molecule has 0 unspecified atom stereocenters. The lowest BCUT2D eigenvalue weighted by Crippen LogP contribution is -2.09. The quantitative estimate of drug-likeness (QED) is 0.785. The molecule has 100 valence electrons. The van der Waals surface area contributed by atoms with E-state index in [2.05, 4.69) is 0 Å². The van der Waals surface area contributed by atoms with E-state index in [4.69, 9.17) is 27.9 Å². The van der Waals surface area contributed by atoms with Crippen LogP contribution in [0.4, 0.5) is 0 Å². The second kappa shape index (κ2) is 5.91. The fraction of sp³-hybridized carbons (Fsp3) is 0.364. The van der Waals surface area contributed by atoms with Crippen molar-refractivity contribution < 1.29 is 17.9 Å². The van der Waals surface area contributed by atoms with Crippen molar-refractivity contribution in [3.63, 3.8) is 0 Å². The molecule has 0 atom stereocenters. The van der Waals surface area contributed by atoms with E-state index in [1.807, 2.05) is 0 Å². The molecule has 4 nitrogen and oxygen atoms in total. The SMILES string of the molecule is CCOc1c(S(=O)(=O)CC)ccc(C(=O)Cl)c1Cl. The highest BCUT2D eigenvalue weighted by atomic mass is 35.5. The van der Waals surface area contributed by atoms with Gasteiger partial charge in [0.1, 0.15) is 4.90 Å². The minimum Gasteiger partial charge on any atom is -0.491 e. The first-order valence-electron chi connectivity index (χ1n) is 5.23. The summed E-state index contributed by atoms with van der Waals surface area (Å²) < 4.78 is 29.0. The lowest BCUT2D eigenvalue weighted by atomic mass is 10.2. The summed E-state index contributed by atoms with van der Waals surface area (Å²) in [5.41, 5.74) is 0.0248. The average molecular weight is 311 g/mol. The summed E-state index contributed by atoms with van der Waals surface area (Å²) in [6.45, 7) is 3.43. The highest BCUT2D eigenvalue weighted by Crippen LogP contribution is 2.36. The molecule has 0 aliphatic carbocycles. The lowest BCUT2D eigenvalue weighted by Gasteiger charge is -2.13. The van der Waals surface area contributed by atoms with E-state index in [9.17, 15) is 13.2 Å². The molecule has 0 aliphatic heterocycles. The Morgan fingerprint density at radius 3 is 2.39 bits per heavy atom. The summed E-state index contributed by atoms with van der Waals surface area (Å²) in [6, 6.07) is 2.56. The van der Waals surface area contributed by atoms with Crippen LogP contribution in [0.25, 0.3) is 0 Å². The van der Waals surface area contributed by atoms with Gasteiger partial charge in [-0.1, -0.05) is 18.5 Å². The Hall–Kier alpha value is -0.780. The molecule has 1 aromatic carbocycles. The molecule has 0 aromatic heterocycles. The van der Waals surface area contributed by atoms with E-state index < -0.39 is 15.1 Å². The minimum absolute atomic E-state index is 0.0208. The van der Waals surface area contributed by atoms with Crippen molar-refractivity contribution in [1.29, 1.82) is 0 Å². The van der Waals surface area contributed by atoms with Gasteiger partial charge in [-0.2, -0.15) is 0 Å². The van der Waals surface area contributed by atoms with Gasteiger partial charge in [0.15, 0.2) is 15.6 Å². The first-order chi connectivity index (χ1) is 8.35. The Labute approximate surface area is 116 Å². The number of ether oxygens (including phenoxy) is 1. The first-order valence-corrected chi connectivity index (χ1v) is 7.63. The maximum absolute atomic E-state index is 11.9. The summed E-state index contributed by atoms with van der Waals surface area (Å²) in [7, 11) is -3.48. The molecule has 0 aliphatic rings. The van der Waals surface area contributed by atoms with E-state index in [1.165, 1.54) is 19.1 Å². The van der Waals surface area contributed by atoms with Gasteiger partial charge in [-0.3, -0.25) is 4.79 Å². The van der Waals surface area contributed by atoms with Gasteiger partial charge in [0, 0.05) is 0 Å². The average Bonchev–Trinajstić information content (AvgIpc) is 2.31. The monoisotopic (exact) mass is 310 g/mol. The smallest absolute Gasteiger partial charge is 0.254 e. The second-order valence-electron chi connectivity index (χ2n) is 3.36. The molecule has 0 spiro atoms. The predicted molar refractivity (Wildman–Crippen MR) is 70.5 cm³/mol. The number of hydrogen-bond donors (Lipinski definition) is 0. The van der Waals surface area contributed by atoms with Crippen molar-refractivity contribution in [2.75, 3.05) is 12.4 Å². The van der Waals surface area contributed by atoms with E-state index in [0.29, 0.717) is 0 Å². The first kappa shape index (κ1) is 15.3. The minimum atomic E-state index is -3.48. The molecule has 0 saturated heterocycles. The van der Waals surface area contributed by atoms with Crippen molar-refractivity contribution in [2.24, 2.45) is 0 Å². The van der Waals surface area contributed by atoms with Crippen LogP contribution >= 0.6 is 23.2 Å². The molecular weight excluding hydrogens is 299 g/mol. The van der Waals surface area contributed by atoms with Crippen molar-refractivity contribution in [2.45, 2.75) is 18.7 Å². The molecular formula is C11H12Cl2O4S. The Bertz CT molecular complexity index is 567. The van der Waals surface area contributed by atoms with Crippen LogP contribution in [0.5, 0.6) is 5.75 Å². The van der Waals surface area contributed by atoms with Crippen LogP contribution < -0.4 is 4.74 Å². The third-order valence-electron chi connectivity index (χ3n) is 2.28. The van der Waals surface area contributed by atoms with Crippen LogP contribution in [0, 0.1) is 0 Å². The van der Waals surface area contributed by atoms with E-state index in [0.717, 1.165) is 0 Å². The van der Waals surface area contributed by atoms with Gasteiger partial charge in [-0.05, 0) is 30.7 Å². The maximum Gasteiger partial charge on any atom is 0.254 e. The topological polar surface area (TPSA) is 60.4 Å². The summed E-state index contributed by atoms with van der Waals surface area (Å²) in [6.07, 6.45) is 0. The largest absolute Gasteiger partial charge is 0.491 e. The zero-order valence-corrected chi connectivity index (χ0v) is 12.2. The summed E-state index contributed by atoms with van der Waals surface area (Å²) in [5.74, 6) is -0.107. The molecule has 7 heteroatoms. The summed E-state index contributed by atoms with van der Waals surface area (Å²) >= 11 is 11.3. The zero-order chi connectivity index (χ0) is 13.9. The van der Waals surface area contributed by atoms with E-state index >= 15 is 0 Å². The van der Waals surface area contributed by atoms with Gasteiger partial charge in [0.05, 0.1) is 22.9 Å². The van der Waals surface area contributed by atoms with Crippen LogP contribution in [-0.2, 0) is 9.84 Å². The van der Waals surface area contributed by atoms with Gasteiger partial charge in [0.25, 0.3) is 5.24 Å². The third kappa shape index (κ3) is 2.96. The maximum atomic E-state index is 11.9. The van der Waals surface area contributed by atoms with Gasteiger partial charge >= 0.3 is 0 Å². The fourth-order valence-corrected chi connectivity index (χ4v) is 2.97. The molecule has 0 N–H and O–H groups in total. The Morgan fingerprint density at radius 2 is 1.94 bits per heavy atom. The normalized spacial score (nSPS) is 11.3. The van der Waals surface area contributed by atoms with Crippen molar-refractivity contribution in [3.8, 4) is 5.75 Å². The molecule has 18 heavy (non-hydrogen) atoms. The van der Waals surface area contributed by atoms with Crippen LogP contribution in [0.1, 0.15) is 24.2 Å². The predicted octanol–water partition coefficient (Wildman–Crippen LogP) is 2.91. The number of carbonyl (C=O) groups is 1. The number of rotatable bonds is 5. The molecule has 0 bridgehead atoms. The van der Waals surface area contributed by atoms with Gasteiger partial charge in [-0.15, -0.1) is 0 Å². The number of sulfone groups is 1. The molecule has 0 saturated carbocycles. The van der Waals surface area contributed by atoms with Crippen LogP contribution in [-0.4, -0.2) is 26.0 Å². The Morgan fingerprint density at radius 1 is 1.33 bits per heavy atom. The van der Waals surface area contributed by atoms with Crippen molar-refractivity contribution >= 4 is 38.3 Å². The number of carbonyl (C=O) groups excluding carboxylic acids is 1. The van der Waals surface area contributed by atoms with E-state index in [1.54, 1.807) is 6.92 Å². The van der Waals surface area contributed by atoms with Gasteiger partial charge < -0.3 is 4.74 Å².